The lowest BCUT2D eigenvalue weighted by Gasteiger charge is -2.24. The molecule has 3 amide bonds. The Morgan fingerprint density at radius 2 is 1.48 bits per heavy atom. The van der Waals surface area contributed by atoms with E-state index >= 15 is 0 Å². The van der Waals surface area contributed by atoms with Crippen LogP contribution in [0.15, 0.2) is 30.3 Å². The standard InChI is InChI=1S/C21H32N4O6/c1-12(2)9-16(24-18(27)13(3)23-19(28)15(22)11-26)20(29)25-17(21(30)31)10-14-7-5-4-6-8-14/h4-8,12-13,15-17,26H,9-11,22H2,1-3H3,(H,23,28)(H,24,27)(H,25,29)(H,30,31). The van der Waals surface area contributed by atoms with Crippen LogP contribution in [-0.2, 0) is 25.6 Å². The number of benzene rings is 1. The Labute approximate surface area is 181 Å². The van der Waals surface area contributed by atoms with E-state index in [0.29, 0.717) is 0 Å². The molecule has 1 aromatic rings. The number of aliphatic hydroxyl groups excluding tert-OH is 1. The summed E-state index contributed by atoms with van der Waals surface area (Å²) in [6.45, 7) is 4.56. The third kappa shape index (κ3) is 9.14. The summed E-state index contributed by atoms with van der Waals surface area (Å²) >= 11 is 0. The third-order valence-electron chi connectivity index (χ3n) is 4.52. The molecule has 0 aliphatic carbocycles. The summed E-state index contributed by atoms with van der Waals surface area (Å²) in [5.41, 5.74) is 6.16. The van der Waals surface area contributed by atoms with Crippen molar-refractivity contribution in [3.63, 3.8) is 0 Å². The van der Waals surface area contributed by atoms with Crippen LogP contribution in [0.4, 0.5) is 0 Å². The summed E-state index contributed by atoms with van der Waals surface area (Å²) < 4.78 is 0. The lowest BCUT2D eigenvalue weighted by atomic mass is 10.0. The van der Waals surface area contributed by atoms with Gasteiger partial charge in [0.05, 0.1) is 6.61 Å². The summed E-state index contributed by atoms with van der Waals surface area (Å²) in [6, 6.07) is 4.54. The van der Waals surface area contributed by atoms with Gasteiger partial charge in [-0.15, -0.1) is 0 Å². The molecule has 7 N–H and O–H groups in total. The van der Waals surface area contributed by atoms with Crippen LogP contribution >= 0.6 is 0 Å². The first-order chi connectivity index (χ1) is 14.5. The Morgan fingerprint density at radius 1 is 0.903 bits per heavy atom. The maximum Gasteiger partial charge on any atom is 0.326 e. The molecular weight excluding hydrogens is 404 g/mol. The highest BCUT2D eigenvalue weighted by Crippen LogP contribution is 2.08. The molecule has 4 unspecified atom stereocenters. The number of carboxylic acid groups (broad SMARTS) is 1. The van der Waals surface area contributed by atoms with Gasteiger partial charge in [-0.1, -0.05) is 44.2 Å². The molecule has 0 bridgehead atoms. The van der Waals surface area contributed by atoms with Gasteiger partial charge in [-0.2, -0.15) is 0 Å². The predicted octanol–water partition coefficient (Wildman–Crippen LogP) is -0.846. The molecule has 0 spiro atoms. The lowest BCUT2D eigenvalue weighted by molar-refractivity contribution is -0.142. The molecule has 4 atom stereocenters. The van der Waals surface area contributed by atoms with Crippen LogP contribution in [-0.4, -0.2) is 64.7 Å². The maximum absolute atomic E-state index is 12.8. The van der Waals surface area contributed by atoms with Crippen molar-refractivity contribution in [1.82, 2.24) is 16.0 Å². The quantitative estimate of drug-likeness (QED) is 0.248. The molecule has 10 heteroatoms. The zero-order chi connectivity index (χ0) is 23.6. The number of nitrogens with one attached hydrogen (secondary N) is 3. The summed E-state index contributed by atoms with van der Waals surface area (Å²) in [5.74, 6) is -3.12. The van der Waals surface area contributed by atoms with E-state index in [1.165, 1.54) is 6.92 Å². The van der Waals surface area contributed by atoms with Gasteiger partial charge >= 0.3 is 5.97 Å². The van der Waals surface area contributed by atoms with E-state index in [0.717, 1.165) is 5.56 Å². The molecule has 0 heterocycles. The Balaban J connectivity index is 2.84. The molecule has 0 fully saturated rings. The predicted molar refractivity (Wildman–Crippen MR) is 114 cm³/mol. The highest BCUT2D eigenvalue weighted by atomic mass is 16.4. The molecule has 1 rings (SSSR count). The van der Waals surface area contributed by atoms with Crippen molar-refractivity contribution in [2.45, 2.75) is 57.8 Å². The number of carboxylic acids is 1. The van der Waals surface area contributed by atoms with E-state index in [9.17, 15) is 24.3 Å². The number of carbonyl (C=O) groups is 4. The number of carbonyl (C=O) groups excluding carboxylic acids is 3. The van der Waals surface area contributed by atoms with Crippen LogP contribution < -0.4 is 21.7 Å². The number of nitrogens with two attached hydrogens (primary N) is 1. The van der Waals surface area contributed by atoms with Crippen molar-refractivity contribution in [1.29, 1.82) is 0 Å². The first kappa shape index (κ1) is 26.1. The summed E-state index contributed by atoms with van der Waals surface area (Å²) in [5, 5.41) is 25.8. The smallest absolute Gasteiger partial charge is 0.326 e. The molecule has 0 saturated heterocycles. The zero-order valence-electron chi connectivity index (χ0n) is 18.0. The third-order valence-corrected chi connectivity index (χ3v) is 4.52. The molecule has 31 heavy (non-hydrogen) atoms. The van der Waals surface area contributed by atoms with E-state index in [-0.39, 0.29) is 18.8 Å². The van der Waals surface area contributed by atoms with Gasteiger partial charge in [0, 0.05) is 6.42 Å². The minimum Gasteiger partial charge on any atom is -0.480 e. The molecule has 0 saturated carbocycles. The average molecular weight is 437 g/mol. The van der Waals surface area contributed by atoms with Gasteiger partial charge < -0.3 is 31.9 Å². The molecule has 0 aromatic heterocycles. The number of hydrogen-bond donors (Lipinski definition) is 6. The van der Waals surface area contributed by atoms with E-state index in [2.05, 4.69) is 16.0 Å². The second kappa shape index (κ2) is 12.7. The van der Waals surface area contributed by atoms with Crippen molar-refractivity contribution in [2.24, 2.45) is 11.7 Å². The Kier molecular flexibility index (Phi) is 10.6. The molecule has 1 aromatic carbocycles. The van der Waals surface area contributed by atoms with Crippen LogP contribution in [0, 0.1) is 5.92 Å². The van der Waals surface area contributed by atoms with Crippen molar-refractivity contribution >= 4 is 23.7 Å². The van der Waals surface area contributed by atoms with E-state index in [4.69, 9.17) is 10.8 Å². The minimum atomic E-state index is -1.19. The van der Waals surface area contributed by atoms with Crippen LogP contribution in [0.25, 0.3) is 0 Å². The van der Waals surface area contributed by atoms with Gasteiger partial charge in [0.25, 0.3) is 0 Å². The second-order valence-electron chi connectivity index (χ2n) is 7.80. The number of rotatable bonds is 12. The van der Waals surface area contributed by atoms with Gasteiger partial charge in [-0.05, 0) is 24.8 Å². The number of hydrogen-bond acceptors (Lipinski definition) is 6. The van der Waals surface area contributed by atoms with E-state index in [1.807, 2.05) is 13.8 Å². The van der Waals surface area contributed by atoms with E-state index in [1.54, 1.807) is 30.3 Å². The van der Waals surface area contributed by atoms with Crippen molar-refractivity contribution in [2.75, 3.05) is 6.61 Å². The number of aliphatic hydroxyl groups is 1. The van der Waals surface area contributed by atoms with Crippen LogP contribution in [0.5, 0.6) is 0 Å². The Morgan fingerprint density at radius 3 is 2.00 bits per heavy atom. The first-order valence-electron chi connectivity index (χ1n) is 10.1. The first-order valence-corrected chi connectivity index (χ1v) is 10.1. The largest absolute Gasteiger partial charge is 0.480 e. The SMILES string of the molecule is CC(C)CC(NC(=O)C(C)NC(=O)C(N)CO)C(=O)NC(Cc1ccccc1)C(=O)O. The molecule has 0 aliphatic rings. The van der Waals surface area contributed by atoms with Gasteiger partial charge in [-0.3, -0.25) is 14.4 Å². The fraction of sp³-hybridized carbons (Fsp3) is 0.524. The van der Waals surface area contributed by atoms with Gasteiger partial charge in [0.15, 0.2) is 0 Å². The molecule has 0 radical (unpaired) electrons. The molecule has 172 valence electrons. The number of aliphatic carboxylic acids is 1. The Bertz CT molecular complexity index is 755. The highest BCUT2D eigenvalue weighted by Gasteiger charge is 2.29. The number of amides is 3. The normalized spacial score (nSPS) is 14.8. The van der Waals surface area contributed by atoms with Crippen LogP contribution in [0.2, 0.25) is 0 Å². The average Bonchev–Trinajstić information content (AvgIpc) is 2.72. The van der Waals surface area contributed by atoms with Gasteiger partial charge in [0.2, 0.25) is 17.7 Å². The Hall–Kier alpha value is -2.98. The summed E-state index contributed by atoms with van der Waals surface area (Å²) in [7, 11) is 0. The molecular formula is C21H32N4O6. The lowest BCUT2D eigenvalue weighted by Crippen LogP contribution is -2.57. The van der Waals surface area contributed by atoms with Gasteiger partial charge in [0.1, 0.15) is 24.2 Å². The monoisotopic (exact) mass is 436 g/mol. The van der Waals surface area contributed by atoms with Crippen molar-refractivity contribution < 1.29 is 29.4 Å². The fourth-order valence-corrected chi connectivity index (χ4v) is 2.79. The summed E-state index contributed by atoms with van der Waals surface area (Å²) in [6.07, 6.45) is 0.363. The summed E-state index contributed by atoms with van der Waals surface area (Å²) in [4.78, 5) is 48.7. The van der Waals surface area contributed by atoms with Crippen LogP contribution in [0.3, 0.4) is 0 Å². The van der Waals surface area contributed by atoms with Crippen LogP contribution in [0.1, 0.15) is 32.8 Å². The zero-order valence-corrected chi connectivity index (χ0v) is 18.0. The maximum atomic E-state index is 12.8. The topological polar surface area (TPSA) is 171 Å². The second-order valence-corrected chi connectivity index (χ2v) is 7.80. The fourth-order valence-electron chi connectivity index (χ4n) is 2.79. The minimum absolute atomic E-state index is 0.0289. The van der Waals surface area contributed by atoms with Gasteiger partial charge in [-0.25, -0.2) is 4.79 Å². The van der Waals surface area contributed by atoms with E-state index < -0.39 is 54.5 Å². The van der Waals surface area contributed by atoms with Crippen molar-refractivity contribution in [3.8, 4) is 0 Å². The molecule has 10 nitrogen and oxygen atoms in total. The molecule has 0 aliphatic heterocycles. The highest BCUT2D eigenvalue weighted by molar-refractivity contribution is 5.93. The van der Waals surface area contributed by atoms with Crippen molar-refractivity contribution in [3.05, 3.63) is 35.9 Å².